The van der Waals surface area contributed by atoms with Crippen LogP contribution in [-0.4, -0.2) is 16.0 Å². The monoisotopic (exact) mass is 386 g/mol. The molecular formula is C25H38O3. The van der Waals surface area contributed by atoms with E-state index in [2.05, 4.69) is 34.6 Å². The highest BCUT2D eigenvalue weighted by atomic mass is 16.3. The Kier molecular flexibility index (Phi) is 5.85. The van der Waals surface area contributed by atoms with E-state index in [0.29, 0.717) is 17.9 Å². The minimum Gasteiger partial charge on any atom is -0.508 e. The fourth-order valence-corrected chi connectivity index (χ4v) is 5.70. The summed E-state index contributed by atoms with van der Waals surface area (Å²) in [6.07, 6.45) is 8.56. The molecule has 3 atom stereocenters. The van der Waals surface area contributed by atoms with Crippen molar-refractivity contribution >= 4 is 5.78 Å². The number of phenolic OH excluding ortho intramolecular Hbond substituents is 2. The number of ketones is 1. The maximum atomic E-state index is 12.5. The molecule has 4 rings (SSSR count). The van der Waals surface area contributed by atoms with Crippen LogP contribution in [0.1, 0.15) is 103 Å². The van der Waals surface area contributed by atoms with Crippen LogP contribution in [0.2, 0.25) is 0 Å². The van der Waals surface area contributed by atoms with Crippen LogP contribution in [0.25, 0.3) is 0 Å². The summed E-state index contributed by atoms with van der Waals surface area (Å²) in [5.74, 6) is 1.04. The van der Waals surface area contributed by atoms with Gasteiger partial charge in [0.2, 0.25) is 0 Å². The molecule has 3 nitrogen and oxygen atoms in total. The average Bonchev–Trinajstić information content (AvgIpc) is 2.60. The van der Waals surface area contributed by atoms with Gasteiger partial charge in [-0.05, 0) is 47.3 Å². The highest BCUT2D eigenvalue weighted by Gasteiger charge is 2.59. The number of hydrogen-bond acceptors (Lipinski definition) is 3. The van der Waals surface area contributed by atoms with Crippen LogP contribution >= 0.6 is 0 Å². The summed E-state index contributed by atoms with van der Waals surface area (Å²) in [5, 5.41) is 21.7. The number of aromatic hydroxyl groups is 2. The summed E-state index contributed by atoms with van der Waals surface area (Å²) in [7, 11) is 0. The third kappa shape index (κ3) is 3.69. The van der Waals surface area contributed by atoms with Crippen molar-refractivity contribution in [2.75, 3.05) is 0 Å². The molecule has 0 amide bonds. The van der Waals surface area contributed by atoms with Gasteiger partial charge in [-0.2, -0.15) is 0 Å². The molecule has 3 heteroatoms. The minimum atomic E-state index is -0.0943. The second-order valence-corrected chi connectivity index (χ2v) is 10.5. The predicted molar refractivity (Wildman–Crippen MR) is 114 cm³/mol. The molecule has 3 aliphatic rings. The van der Waals surface area contributed by atoms with E-state index in [1.165, 1.54) is 25.7 Å². The lowest BCUT2D eigenvalue weighted by Crippen LogP contribution is -2.56. The van der Waals surface area contributed by atoms with Crippen LogP contribution in [0.15, 0.2) is 12.1 Å². The third-order valence-electron chi connectivity index (χ3n) is 7.83. The van der Waals surface area contributed by atoms with Gasteiger partial charge in [-0.15, -0.1) is 0 Å². The molecular weight excluding hydrogens is 348 g/mol. The predicted octanol–water partition coefficient (Wildman–Crippen LogP) is 6.45. The van der Waals surface area contributed by atoms with Gasteiger partial charge in [0.05, 0.1) is 0 Å². The molecule has 0 unspecified atom stereocenters. The Morgan fingerprint density at radius 2 is 1.68 bits per heavy atom. The van der Waals surface area contributed by atoms with Gasteiger partial charge in [-0.3, -0.25) is 4.79 Å². The lowest BCUT2D eigenvalue weighted by atomic mass is 9.44. The summed E-state index contributed by atoms with van der Waals surface area (Å²) in [5.41, 5.74) is 1.44. The minimum absolute atomic E-state index is 0.0324. The highest BCUT2D eigenvalue weighted by Crippen LogP contribution is 2.64. The fraction of sp³-hybridized carbons (Fsp3) is 0.720. The van der Waals surface area contributed by atoms with E-state index >= 15 is 0 Å². The maximum absolute atomic E-state index is 12.5. The molecule has 0 aliphatic heterocycles. The zero-order valence-electron chi connectivity index (χ0n) is 18.3. The Morgan fingerprint density at radius 1 is 1.07 bits per heavy atom. The number of unbranched alkanes of at least 4 members (excludes halogenated alkanes) is 4. The summed E-state index contributed by atoms with van der Waals surface area (Å²) < 4.78 is 0. The van der Waals surface area contributed by atoms with Crippen molar-refractivity contribution in [1.82, 2.24) is 0 Å². The molecule has 1 aromatic rings. The van der Waals surface area contributed by atoms with E-state index in [9.17, 15) is 15.0 Å². The number of benzene rings is 1. The van der Waals surface area contributed by atoms with Gasteiger partial charge in [0.1, 0.15) is 17.3 Å². The third-order valence-corrected chi connectivity index (χ3v) is 7.83. The first-order valence-corrected chi connectivity index (χ1v) is 11.2. The number of carbonyl (C=O) groups is 1. The standard InChI is InChI=1S/C25H38O3/c1-6-7-8-9-10-11-24(2,3)16-12-21(27)23(22(28)13-16)17-14-20(26)19-15-18(17)25(19,4)5/h12-13,17-19,27-28H,6-11,14-15H2,1-5H3/t17-,18-,19+/m1/s1. The largest absolute Gasteiger partial charge is 0.508 e. The Bertz CT molecular complexity index is 708. The van der Waals surface area contributed by atoms with Crippen LogP contribution in [0, 0.1) is 17.3 Å². The zero-order valence-corrected chi connectivity index (χ0v) is 18.3. The Balaban J connectivity index is 1.79. The Labute approximate surface area is 170 Å². The Morgan fingerprint density at radius 3 is 2.21 bits per heavy atom. The Hall–Kier alpha value is -1.51. The zero-order chi connectivity index (χ0) is 20.7. The van der Waals surface area contributed by atoms with Crippen LogP contribution in [-0.2, 0) is 10.2 Å². The topological polar surface area (TPSA) is 57.5 Å². The van der Waals surface area contributed by atoms with Gasteiger partial charge in [0.25, 0.3) is 0 Å². The summed E-state index contributed by atoms with van der Waals surface area (Å²) >= 11 is 0. The van der Waals surface area contributed by atoms with E-state index < -0.39 is 0 Å². The molecule has 0 heterocycles. The lowest BCUT2D eigenvalue weighted by molar-refractivity contribution is -0.151. The summed E-state index contributed by atoms with van der Waals surface area (Å²) in [6, 6.07) is 3.67. The molecule has 28 heavy (non-hydrogen) atoms. The van der Waals surface area contributed by atoms with Crippen molar-refractivity contribution in [2.45, 2.75) is 97.3 Å². The number of fused-ring (bicyclic) bond motifs is 2. The smallest absolute Gasteiger partial charge is 0.137 e. The van der Waals surface area contributed by atoms with E-state index in [-0.39, 0.29) is 39.9 Å². The number of phenols is 2. The second kappa shape index (κ2) is 7.72. The second-order valence-electron chi connectivity index (χ2n) is 10.5. The van der Waals surface area contributed by atoms with Crippen LogP contribution < -0.4 is 0 Å². The average molecular weight is 387 g/mol. The molecule has 0 radical (unpaired) electrons. The van der Waals surface area contributed by atoms with Gasteiger partial charge in [-0.1, -0.05) is 66.7 Å². The van der Waals surface area contributed by atoms with Crippen LogP contribution in [0.5, 0.6) is 11.5 Å². The van der Waals surface area contributed by atoms with Crippen molar-refractivity contribution in [3.8, 4) is 11.5 Å². The molecule has 3 fully saturated rings. The van der Waals surface area contributed by atoms with Crippen molar-refractivity contribution < 1.29 is 15.0 Å². The lowest BCUT2D eigenvalue weighted by Gasteiger charge is -2.59. The molecule has 2 bridgehead atoms. The van der Waals surface area contributed by atoms with Gasteiger partial charge in [0, 0.05) is 23.8 Å². The van der Waals surface area contributed by atoms with Crippen molar-refractivity contribution in [3.05, 3.63) is 23.3 Å². The van der Waals surface area contributed by atoms with Gasteiger partial charge in [0.15, 0.2) is 0 Å². The van der Waals surface area contributed by atoms with Gasteiger partial charge >= 0.3 is 0 Å². The normalized spacial score (nSPS) is 26.2. The van der Waals surface area contributed by atoms with Crippen LogP contribution in [0.3, 0.4) is 0 Å². The van der Waals surface area contributed by atoms with Gasteiger partial charge in [-0.25, -0.2) is 0 Å². The van der Waals surface area contributed by atoms with E-state index in [1.807, 2.05) is 12.1 Å². The first-order valence-electron chi connectivity index (χ1n) is 11.2. The highest BCUT2D eigenvalue weighted by molar-refractivity contribution is 5.86. The van der Waals surface area contributed by atoms with Gasteiger partial charge < -0.3 is 10.2 Å². The summed E-state index contributed by atoms with van der Waals surface area (Å²) in [4.78, 5) is 12.5. The SMILES string of the molecule is CCCCCCCC(C)(C)c1cc(O)c([C@@H]2CC(=O)[C@@H]3C[C@H]2C3(C)C)c(O)c1. The van der Waals surface area contributed by atoms with E-state index in [4.69, 9.17) is 0 Å². The number of rotatable bonds is 8. The van der Waals surface area contributed by atoms with Crippen LogP contribution in [0.4, 0.5) is 0 Å². The molecule has 1 aromatic carbocycles. The van der Waals surface area contributed by atoms with Crippen molar-refractivity contribution in [1.29, 1.82) is 0 Å². The molecule has 3 saturated carbocycles. The number of Topliss-reactive ketones (excluding diaryl/α,β-unsaturated/α-hetero) is 1. The van der Waals surface area contributed by atoms with E-state index in [0.717, 1.165) is 24.8 Å². The molecule has 156 valence electrons. The van der Waals surface area contributed by atoms with Crippen molar-refractivity contribution in [3.63, 3.8) is 0 Å². The molecule has 0 saturated heterocycles. The number of carbonyl (C=O) groups excluding carboxylic acids is 1. The first kappa shape index (κ1) is 21.2. The van der Waals surface area contributed by atoms with Crippen molar-refractivity contribution in [2.24, 2.45) is 17.3 Å². The molecule has 0 aromatic heterocycles. The number of hydrogen-bond donors (Lipinski definition) is 2. The summed E-state index contributed by atoms with van der Waals surface area (Å²) in [6.45, 7) is 10.9. The first-order chi connectivity index (χ1) is 13.1. The van der Waals surface area contributed by atoms with E-state index in [1.54, 1.807) is 0 Å². The molecule has 2 N–H and O–H groups in total. The molecule has 3 aliphatic carbocycles. The molecule has 0 spiro atoms. The quantitative estimate of drug-likeness (QED) is 0.504. The fourth-order valence-electron chi connectivity index (χ4n) is 5.70. The maximum Gasteiger partial charge on any atom is 0.137 e.